The van der Waals surface area contributed by atoms with Gasteiger partial charge >= 0.3 is 0 Å². The van der Waals surface area contributed by atoms with Crippen molar-refractivity contribution in [3.63, 3.8) is 0 Å². The third-order valence-electron chi connectivity index (χ3n) is 3.61. The third-order valence-corrected chi connectivity index (χ3v) is 5.90. The van der Waals surface area contributed by atoms with Gasteiger partial charge in [-0.15, -0.1) is 0 Å². The highest BCUT2D eigenvalue weighted by atomic mass is 32.2. The first-order chi connectivity index (χ1) is 10.6. The molecule has 130 valence electrons. The minimum atomic E-state index is -3.07. The number of benzene rings is 1. The van der Waals surface area contributed by atoms with Crippen LogP contribution in [0.2, 0.25) is 0 Å². The molecule has 0 aromatic heterocycles. The van der Waals surface area contributed by atoms with Crippen LogP contribution in [0.4, 0.5) is 13.2 Å². The predicted molar refractivity (Wildman–Crippen MR) is 82.4 cm³/mol. The first kappa shape index (κ1) is 19.7. The topological polar surface area (TPSA) is 51.2 Å². The van der Waals surface area contributed by atoms with E-state index < -0.39 is 32.5 Å². The Morgan fingerprint density at radius 1 is 1.04 bits per heavy atom. The molecule has 1 aromatic rings. The molecule has 0 aliphatic rings. The maximum absolute atomic E-state index is 13.4. The Morgan fingerprint density at radius 2 is 1.70 bits per heavy atom. The van der Waals surface area contributed by atoms with Gasteiger partial charge in [-0.1, -0.05) is 12.5 Å². The maximum Gasteiger partial charge on any atom is 0.194 e. The lowest BCUT2D eigenvalue weighted by Gasteiger charge is -2.07. The van der Waals surface area contributed by atoms with Crippen LogP contribution in [0.1, 0.15) is 45.1 Å². The largest absolute Gasteiger partial charge is 0.299 e. The number of unbranched alkanes of at least 4 members (excludes halogenated alkanes) is 2. The molecule has 0 N–H and O–H groups in total. The number of halogens is 3. The highest BCUT2D eigenvalue weighted by Crippen LogP contribution is 2.17. The van der Waals surface area contributed by atoms with Crippen molar-refractivity contribution >= 4 is 15.6 Å². The molecule has 0 saturated heterocycles. The fourth-order valence-electron chi connectivity index (χ4n) is 2.04. The van der Waals surface area contributed by atoms with Gasteiger partial charge in [-0.2, -0.15) is 0 Å². The van der Waals surface area contributed by atoms with Crippen molar-refractivity contribution in [1.82, 2.24) is 0 Å². The van der Waals surface area contributed by atoms with Crippen molar-refractivity contribution in [2.75, 3.05) is 5.75 Å². The van der Waals surface area contributed by atoms with Crippen LogP contribution >= 0.6 is 0 Å². The standard InChI is InChI=1S/C16H21F3O3S/c1-11(2)23(21,22)9-5-3-4-6-13(20)10-12-7-8-14(17)16(19)15(12)18/h7-8,11H,3-6,9-10H2,1-2H3. The number of sulfone groups is 1. The maximum atomic E-state index is 13.4. The number of carbonyl (C=O) groups is 1. The Morgan fingerprint density at radius 3 is 2.30 bits per heavy atom. The summed E-state index contributed by atoms with van der Waals surface area (Å²) in [5.74, 6) is -4.40. The van der Waals surface area contributed by atoms with E-state index in [4.69, 9.17) is 0 Å². The molecule has 0 unspecified atom stereocenters. The van der Waals surface area contributed by atoms with E-state index >= 15 is 0 Å². The zero-order valence-electron chi connectivity index (χ0n) is 13.2. The Balaban J connectivity index is 2.37. The SMILES string of the molecule is CC(C)S(=O)(=O)CCCCCC(=O)Cc1ccc(F)c(F)c1F. The Hall–Kier alpha value is -1.37. The fourth-order valence-corrected chi connectivity index (χ4v) is 3.12. The van der Waals surface area contributed by atoms with E-state index in [9.17, 15) is 26.4 Å². The second-order valence-corrected chi connectivity index (χ2v) is 8.45. The van der Waals surface area contributed by atoms with Crippen LogP contribution in [0, 0.1) is 17.5 Å². The summed E-state index contributed by atoms with van der Waals surface area (Å²) >= 11 is 0. The summed E-state index contributed by atoms with van der Waals surface area (Å²) in [7, 11) is -3.07. The quantitative estimate of drug-likeness (QED) is 0.505. The zero-order valence-corrected chi connectivity index (χ0v) is 14.1. The summed E-state index contributed by atoms with van der Waals surface area (Å²) in [6.45, 7) is 3.24. The number of Topliss-reactive ketones (excluding diaryl/α,β-unsaturated/α-hetero) is 1. The van der Waals surface area contributed by atoms with Gasteiger partial charge in [0.25, 0.3) is 0 Å². The molecule has 0 bridgehead atoms. The first-order valence-corrected chi connectivity index (χ1v) is 9.22. The van der Waals surface area contributed by atoms with E-state index in [0.717, 1.165) is 12.1 Å². The molecule has 0 amide bonds. The van der Waals surface area contributed by atoms with Crippen LogP contribution in [0.15, 0.2) is 12.1 Å². The van der Waals surface area contributed by atoms with Gasteiger partial charge in [0.1, 0.15) is 5.78 Å². The van der Waals surface area contributed by atoms with Crippen LogP contribution in [0.5, 0.6) is 0 Å². The van der Waals surface area contributed by atoms with Crippen LogP contribution in [0.3, 0.4) is 0 Å². The Bertz CT molecular complexity index is 655. The summed E-state index contributed by atoms with van der Waals surface area (Å²) in [4.78, 5) is 11.7. The second kappa shape index (κ2) is 8.47. The smallest absolute Gasteiger partial charge is 0.194 e. The first-order valence-electron chi connectivity index (χ1n) is 7.50. The molecule has 0 fully saturated rings. The molecule has 1 rings (SSSR count). The van der Waals surface area contributed by atoms with E-state index in [0.29, 0.717) is 19.3 Å². The third kappa shape index (κ3) is 5.97. The molecule has 0 saturated carbocycles. The lowest BCUT2D eigenvalue weighted by atomic mass is 10.0. The highest BCUT2D eigenvalue weighted by Gasteiger charge is 2.17. The van der Waals surface area contributed by atoms with Gasteiger partial charge < -0.3 is 0 Å². The van der Waals surface area contributed by atoms with Crippen molar-refractivity contribution in [2.24, 2.45) is 0 Å². The highest BCUT2D eigenvalue weighted by molar-refractivity contribution is 7.91. The van der Waals surface area contributed by atoms with Crippen LogP contribution in [-0.2, 0) is 21.1 Å². The summed E-state index contributed by atoms with van der Waals surface area (Å²) < 4.78 is 62.5. The number of rotatable bonds is 9. The van der Waals surface area contributed by atoms with Crippen molar-refractivity contribution in [1.29, 1.82) is 0 Å². The Labute approximate surface area is 134 Å². The molecule has 23 heavy (non-hydrogen) atoms. The van der Waals surface area contributed by atoms with Gasteiger partial charge in [0.2, 0.25) is 0 Å². The van der Waals surface area contributed by atoms with Crippen LogP contribution < -0.4 is 0 Å². The van der Waals surface area contributed by atoms with E-state index in [1.165, 1.54) is 0 Å². The van der Waals surface area contributed by atoms with Gasteiger partial charge in [0.15, 0.2) is 27.3 Å². The average molecular weight is 350 g/mol. The summed E-state index contributed by atoms with van der Waals surface area (Å²) in [6.07, 6.45) is 1.37. The van der Waals surface area contributed by atoms with Crippen LogP contribution in [-0.4, -0.2) is 25.2 Å². The molecule has 0 spiro atoms. The summed E-state index contributed by atoms with van der Waals surface area (Å²) in [5, 5.41) is -0.416. The minimum Gasteiger partial charge on any atom is -0.299 e. The molecule has 0 atom stereocenters. The number of hydrogen-bond acceptors (Lipinski definition) is 3. The normalized spacial score (nSPS) is 11.9. The molecule has 0 aliphatic heterocycles. The summed E-state index contributed by atoms with van der Waals surface area (Å²) in [5.41, 5.74) is -0.170. The molecule has 0 aliphatic carbocycles. The van der Waals surface area contributed by atoms with Gasteiger partial charge in [-0.3, -0.25) is 4.79 Å². The molecule has 3 nitrogen and oxygen atoms in total. The van der Waals surface area contributed by atoms with Gasteiger partial charge in [-0.05, 0) is 38.3 Å². The molecule has 1 aromatic carbocycles. The lowest BCUT2D eigenvalue weighted by Crippen LogP contribution is -2.17. The van der Waals surface area contributed by atoms with E-state index in [-0.39, 0.29) is 29.9 Å². The second-order valence-electron chi connectivity index (χ2n) is 5.78. The van der Waals surface area contributed by atoms with Crippen molar-refractivity contribution in [2.45, 2.75) is 51.2 Å². The van der Waals surface area contributed by atoms with Crippen molar-refractivity contribution in [3.05, 3.63) is 35.1 Å². The summed E-state index contributed by atoms with van der Waals surface area (Å²) in [6, 6.07) is 1.85. The van der Waals surface area contributed by atoms with Crippen molar-refractivity contribution in [3.8, 4) is 0 Å². The fraction of sp³-hybridized carbons (Fsp3) is 0.562. The zero-order chi connectivity index (χ0) is 17.6. The predicted octanol–water partition coefficient (Wildman–Crippen LogP) is 3.60. The molecule has 0 radical (unpaired) electrons. The Kier molecular flexibility index (Phi) is 7.25. The monoisotopic (exact) mass is 350 g/mol. The molecular formula is C16H21F3O3S. The van der Waals surface area contributed by atoms with Crippen LogP contribution in [0.25, 0.3) is 0 Å². The number of ketones is 1. The number of carbonyl (C=O) groups excluding carboxylic acids is 1. The van der Waals surface area contributed by atoms with Gasteiger partial charge in [0.05, 0.1) is 11.0 Å². The lowest BCUT2D eigenvalue weighted by molar-refractivity contribution is -0.118. The number of hydrogen-bond donors (Lipinski definition) is 0. The minimum absolute atomic E-state index is 0.0800. The van der Waals surface area contributed by atoms with Gasteiger partial charge in [-0.25, -0.2) is 21.6 Å². The van der Waals surface area contributed by atoms with E-state index in [2.05, 4.69) is 0 Å². The average Bonchev–Trinajstić information content (AvgIpc) is 2.47. The molecule has 7 heteroatoms. The molecule has 0 heterocycles. The van der Waals surface area contributed by atoms with Crippen molar-refractivity contribution < 1.29 is 26.4 Å². The van der Waals surface area contributed by atoms with Gasteiger partial charge in [0, 0.05) is 12.8 Å². The van der Waals surface area contributed by atoms with E-state index in [1.54, 1.807) is 13.8 Å². The molecular weight excluding hydrogens is 329 g/mol. The van der Waals surface area contributed by atoms with E-state index in [1.807, 2.05) is 0 Å².